The van der Waals surface area contributed by atoms with E-state index in [0.717, 1.165) is 0 Å². The zero-order valence-corrected chi connectivity index (χ0v) is 38.4. The van der Waals surface area contributed by atoms with Crippen molar-refractivity contribution in [3.05, 3.63) is 82.7 Å². The number of carbonyl (C=O) groups is 5. The maximum atomic E-state index is 14.7. The zero-order valence-electron chi connectivity index (χ0n) is 38.4. The van der Waals surface area contributed by atoms with Crippen molar-refractivity contribution in [1.82, 2.24) is 46.1 Å². The normalized spacial score (nSPS) is 16.7. The molecule has 4 atom stereocenters. The van der Waals surface area contributed by atoms with Gasteiger partial charge in [-0.15, -0.1) is 0 Å². The third-order valence-corrected chi connectivity index (χ3v) is 10.7. The minimum Gasteiger partial charge on any atom is -0.492 e. The molecule has 66 heavy (non-hydrogen) atoms. The van der Waals surface area contributed by atoms with Crippen LogP contribution in [0.4, 0.5) is 0 Å². The fraction of sp³-hybridized carbons (Fsp3) is 0.435. The summed E-state index contributed by atoms with van der Waals surface area (Å²) in [5.41, 5.74) is 20.6. The van der Waals surface area contributed by atoms with Crippen molar-refractivity contribution in [2.45, 2.75) is 84.0 Å². The quantitative estimate of drug-likeness (QED) is 0.0820. The highest BCUT2D eigenvalue weighted by molar-refractivity contribution is 6.00. The topological polar surface area (TPSA) is 309 Å². The molecule has 4 aromatic rings. The van der Waals surface area contributed by atoms with Gasteiger partial charge in [-0.05, 0) is 69.1 Å². The first kappa shape index (κ1) is 49.9. The molecule has 2 aromatic heterocycles. The second kappa shape index (κ2) is 22.2. The Balaban J connectivity index is 1.57. The molecule has 3 heterocycles. The zero-order chi connectivity index (χ0) is 48.3. The van der Waals surface area contributed by atoms with Crippen LogP contribution < -0.4 is 47.9 Å². The average molecular weight is 906 g/mol. The number of aromatic nitrogens is 4. The molecule has 0 aliphatic carbocycles. The Morgan fingerprint density at radius 1 is 0.909 bits per heavy atom. The molecule has 20 nitrogen and oxygen atoms in total. The third kappa shape index (κ3) is 12.0. The molecule has 0 saturated heterocycles. The number of carbonyl (C=O) groups excluding carboxylic acids is 5. The van der Waals surface area contributed by atoms with Crippen LogP contribution in [0.1, 0.15) is 78.9 Å². The Bertz CT molecular complexity index is 2450. The number of nitrogens with one attached hydrogen (secondary N) is 4. The van der Waals surface area contributed by atoms with Crippen molar-refractivity contribution in [3.8, 4) is 40.1 Å². The average Bonchev–Trinajstić information content (AvgIpc) is 3.28. The van der Waals surface area contributed by atoms with Gasteiger partial charge < -0.3 is 52.8 Å². The fourth-order valence-corrected chi connectivity index (χ4v) is 7.36. The SMILES string of the molecule is Cc1nc(-c2cnc(C(C)(C)C)nc2)nc(C)c1C(=O)N[C@@H](CCN)C(=O)N(C)[C@@H]1C(=O)N[C@@H](C)C(=O)N[C@H](C(=O)NCC#N)Cc2ccc(OCCN)c(c2)-c2cc1ccc2OCCN. The maximum Gasteiger partial charge on any atom is 0.255 e. The number of aryl methyl sites for hydroxylation is 2. The summed E-state index contributed by atoms with van der Waals surface area (Å²) in [4.78, 5) is 89.7. The Hall–Kier alpha value is -7.08. The summed E-state index contributed by atoms with van der Waals surface area (Å²) < 4.78 is 12.2. The highest BCUT2D eigenvalue weighted by Crippen LogP contribution is 2.40. The van der Waals surface area contributed by atoms with Crippen LogP contribution >= 0.6 is 0 Å². The number of benzene rings is 2. The molecule has 0 fully saturated rings. The summed E-state index contributed by atoms with van der Waals surface area (Å²) in [6.45, 7) is 11.1. The summed E-state index contributed by atoms with van der Waals surface area (Å²) in [7, 11) is 1.40. The number of amides is 5. The molecule has 0 saturated carbocycles. The van der Waals surface area contributed by atoms with E-state index in [4.69, 9.17) is 31.9 Å². The molecule has 20 heteroatoms. The number of hydrogen-bond acceptors (Lipinski definition) is 15. The van der Waals surface area contributed by atoms with Crippen molar-refractivity contribution < 1.29 is 33.4 Å². The van der Waals surface area contributed by atoms with Crippen LogP contribution in [0.25, 0.3) is 22.5 Å². The molecule has 4 bridgehead atoms. The first-order valence-electron chi connectivity index (χ1n) is 21.6. The lowest BCUT2D eigenvalue weighted by molar-refractivity contribution is -0.141. The van der Waals surface area contributed by atoms with Crippen LogP contribution in [0.15, 0.2) is 48.8 Å². The van der Waals surface area contributed by atoms with Crippen molar-refractivity contribution >= 4 is 29.5 Å². The smallest absolute Gasteiger partial charge is 0.255 e. The number of nitrogens with two attached hydrogens (primary N) is 3. The van der Waals surface area contributed by atoms with Gasteiger partial charge in [0, 0.05) is 55.5 Å². The van der Waals surface area contributed by atoms with Crippen LogP contribution in [0.2, 0.25) is 0 Å². The monoisotopic (exact) mass is 905 g/mol. The van der Waals surface area contributed by atoms with Crippen LogP contribution in [0.3, 0.4) is 0 Å². The lowest BCUT2D eigenvalue weighted by atomic mass is 9.93. The van der Waals surface area contributed by atoms with E-state index in [1.807, 2.05) is 26.8 Å². The third-order valence-electron chi connectivity index (χ3n) is 10.7. The van der Waals surface area contributed by atoms with Gasteiger partial charge in [0.1, 0.15) is 61.2 Å². The highest BCUT2D eigenvalue weighted by atomic mass is 16.5. The fourth-order valence-electron chi connectivity index (χ4n) is 7.36. The minimum absolute atomic E-state index is 0.00361. The van der Waals surface area contributed by atoms with Crippen LogP contribution in [0.5, 0.6) is 11.5 Å². The van der Waals surface area contributed by atoms with E-state index in [1.165, 1.54) is 18.9 Å². The Morgan fingerprint density at radius 3 is 2.09 bits per heavy atom. The van der Waals surface area contributed by atoms with Gasteiger partial charge in [-0.2, -0.15) is 5.26 Å². The van der Waals surface area contributed by atoms with Crippen molar-refractivity contribution in [2.75, 3.05) is 46.4 Å². The number of nitrogens with zero attached hydrogens (tertiary/aromatic N) is 6. The molecule has 10 N–H and O–H groups in total. The van der Waals surface area contributed by atoms with E-state index < -0.39 is 53.7 Å². The molecular formula is C46H59N13O7. The van der Waals surface area contributed by atoms with Gasteiger partial charge in [0.25, 0.3) is 5.91 Å². The molecule has 2 aromatic carbocycles. The van der Waals surface area contributed by atoms with Crippen LogP contribution in [-0.4, -0.2) is 119 Å². The molecule has 0 spiro atoms. The molecule has 0 unspecified atom stereocenters. The van der Waals surface area contributed by atoms with Gasteiger partial charge >= 0.3 is 0 Å². The largest absolute Gasteiger partial charge is 0.492 e. The molecule has 5 rings (SSSR count). The molecule has 1 aliphatic heterocycles. The summed E-state index contributed by atoms with van der Waals surface area (Å²) in [5.74, 6) is -1.69. The van der Waals surface area contributed by atoms with Gasteiger partial charge in [-0.3, -0.25) is 24.0 Å². The van der Waals surface area contributed by atoms with E-state index in [2.05, 4.69) is 41.2 Å². The van der Waals surface area contributed by atoms with E-state index >= 15 is 0 Å². The van der Waals surface area contributed by atoms with E-state index in [1.54, 1.807) is 62.6 Å². The number of fused-ring (bicyclic) bond motifs is 5. The van der Waals surface area contributed by atoms with Gasteiger partial charge in [-0.1, -0.05) is 32.9 Å². The highest BCUT2D eigenvalue weighted by Gasteiger charge is 2.36. The molecule has 0 radical (unpaired) electrons. The van der Waals surface area contributed by atoms with Crippen molar-refractivity contribution in [3.63, 3.8) is 0 Å². The van der Waals surface area contributed by atoms with Crippen molar-refractivity contribution in [2.24, 2.45) is 17.2 Å². The minimum atomic E-state index is -1.42. The summed E-state index contributed by atoms with van der Waals surface area (Å²) in [6.07, 6.45) is 3.24. The Kier molecular flexibility index (Phi) is 16.8. The van der Waals surface area contributed by atoms with Crippen molar-refractivity contribution in [1.29, 1.82) is 5.26 Å². The standard InChI is InChI=1S/C46H59N13O7/c1-25-37(26(2)55-39(54-25)30-23-52-45(53-24-30)46(4,5)6)42(62)57-33(12-13-47)44(64)59(7)38-29-9-11-36(66-19-16-50)32(22-29)31-20-28(8-10-35(31)65-18-15-49)21-34(41(61)51-17-14-48)58-40(60)27(3)56-43(38)63/h8-11,20,22-24,27,33-34,38H,12-13,15-19,21,47,49-50H2,1-7H3,(H,51,61)(H,56,63)(H,57,62)(H,58,60)/t27-,33-,34-,38-/m0/s1. The number of rotatable bonds is 15. The number of ether oxygens (including phenoxy) is 2. The second-order valence-corrected chi connectivity index (χ2v) is 16.8. The summed E-state index contributed by atoms with van der Waals surface area (Å²) >= 11 is 0. The number of likely N-dealkylation sites (N-methyl/N-ethyl adjacent to an activating group) is 1. The summed E-state index contributed by atoms with van der Waals surface area (Å²) in [6, 6.07) is 6.94. The first-order chi connectivity index (χ1) is 31.4. The first-order valence-corrected chi connectivity index (χ1v) is 21.6. The van der Waals surface area contributed by atoms with E-state index in [0.29, 0.717) is 62.4 Å². The number of hydrogen-bond donors (Lipinski definition) is 7. The molecule has 350 valence electrons. The predicted octanol–water partition coefficient (Wildman–Crippen LogP) is 1.02. The van der Waals surface area contributed by atoms with Crippen LogP contribution in [0, 0.1) is 25.2 Å². The van der Waals surface area contributed by atoms with E-state index in [9.17, 15) is 24.0 Å². The van der Waals surface area contributed by atoms with E-state index in [-0.39, 0.29) is 63.2 Å². The predicted molar refractivity (Wildman–Crippen MR) is 245 cm³/mol. The number of nitriles is 1. The maximum absolute atomic E-state index is 14.7. The Labute approximate surface area is 383 Å². The second-order valence-electron chi connectivity index (χ2n) is 16.8. The van der Waals surface area contributed by atoms with Crippen LogP contribution in [-0.2, 0) is 31.0 Å². The Morgan fingerprint density at radius 2 is 1.52 bits per heavy atom. The molecule has 1 aliphatic rings. The molecular weight excluding hydrogens is 847 g/mol. The summed E-state index contributed by atoms with van der Waals surface area (Å²) in [5, 5.41) is 19.9. The lowest BCUT2D eigenvalue weighted by Gasteiger charge is -2.32. The van der Waals surface area contributed by atoms with Gasteiger partial charge in [-0.25, -0.2) is 19.9 Å². The van der Waals surface area contributed by atoms with Gasteiger partial charge in [0.2, 0.25) is 23.6 Å². The molecule has 5 amide bonds. The lowest BCUT2D eigenvalue weighted by Crippen LogP contribution is -2.56. The van der Waals surface area contributed by atoms with Gasteiger partial charge in [0.15, 0.2) is 5.82 Å². The van der Waals surface area contributed by atoms with Gasteiger partial charge in [0.05, 0.1) is 28.6 Å².